The normalized spacial score (nSPS) is 20.5. The van der Waals surface area contributed by atoms with E-state index in [9.17, 15) is 4.79 Å². The Kier molecular flexibility index (Phi) is 5.06. The molecule has 0 aromatic heterocycles. The van der Waals surface area contributed by atoms with E-state index >= 15 is 0 Å². The van der Waals surface area contributed by atoms with Crippen LogP contribution in [-0.2, 0) is 4.74 Å². The smallest absolute Gasteiger partial charge is 0.410 e. The van der Waals surface area contributed by atoms with Gasteiger partial charge in [0.2, 0.25) is 0 Å². The summed E-state index contributed by atoms with van der Waals surface area (Å²) in [7, 11) is 0. The van der Waals surface area contributed by atoms with Crippen LogP contribution in [0.3, 0.4) is 0 Å². The van der Waals surface area contributed by atoms with E-state index in [1.54, 1.807) is 0 Å². The Hall–Kier alpha value is -0.770. The maximum Gasteiger partial charge on any atom is 0.410 e. The molecule has 4 nitrogen and oxygen atoms in total. The second kappa shape index (κ2) is 6.09. The van der Waals surface area contributed by atoms with Gasteiger partial charge < -0.3 is 15.0 Å². The zero-order valence-electron chi connectivity index (χ0n) is 10.8. The van der Waals surface area contributed by atoms with Crippen LogP contribution in [-0.4, -0.2) is 42.3 Å². The average Bonchev–Trinajstić information content (AvgIpc) is 2.64. The van der Waals surface area contributed by atoms with Gasteiger partial charge in [-0.2, -0.15) is 0 Å². The van der Waals surface area contributed by atoms with E-state index in [1.807, 2.05) is 32.6 Å². The fraction of sp³-hybridized carbons (Fsp3) is 0.917. The summed E-state index contributed by atoms with van der Waals surface area (Å²) in [5.41, 5.74) is 0. The molecule has 1 atom stereocenters. The van der Waals surface area contributed by atoms with Crippen molar-refractivity contribution in [2.75, 3.05) is 13.1 Å². The van der Waals surface area contributed by atoms with Crippen LogP contribution in [0.25, 0.3) is 0 Å². The number of nitrogens with zero attached hydrogens (tertiary/aromatic N) is 1. The van der Waals surface area contributed by atoms with Crippen LogP contribution < -0.4 is 5.32 Å². The van der Waals surface area contributed by atoms with Gasteiger partial charge in [0.1, 0.15) is 0 Å². The number of rotatable bonds is 4. The van der Waals surface area contributed by atoms with Crippen LogP contribution in [0.1, 0.15) is 40.5 Å². The largest absolute Gasteiger partial charge is 0.447 e. The summed E-state index contributed by atoms with van der Waals surface area (Å²) < 4.78 is 5.24. The first-order valence-corrected chi connectivity index (χ1v) is 6.21. The molecule has 0 aliphatic carbocycles. The lowest BCUT2D eigenvalue weighted by Crippen LogP contribution is -2.45. The molecule has 94 valence electrons. The monoisotopic (exact) mass is 228 g/mol. The molecule has 0 aromatic carbocycles. The highest BCUT2D eigenvalue weighted by atomic mass is 16.6. The maximum absolute atomic E-state index is 11.9. The van der Waals surface area contributed by atoms with E-state index in [2.05, 4.69) is 5.32 Å². The third-order valence-electron chi connectivity index (χ3n) is 2.77. The molecule has 1 heterocycles. The molecule has 1 aliphatic rings. The first-order valence-electron chi connectivity index (χ1n) is 6.21. The van der Waals surface area contributed by atoms with Crippen LogP contribution in [0, 0.1) is 0 Å². The van der Waals surface area contributed by atoms with Gasteiger partial charge in [0, 0.05) is 18.6 Å². The van der Waals surface area contributed by atoms with Crippen LogP contribution in [0.5, 0.6) is 0 Å². The molecule has 1 N–H and O–H groups in total. The lowest BCUT2D eigenvalue weighted by atomic mass is 10.2. The van der Waals surface area contributed by atoms with E-state index < -0.39 is 0 Å². The Bertz CT molecular complexity index is 223. The van der Waals surface area contributed by atoms with Gasteiger partial charge in [-0.05, 0) is 47.1 Å². The van der Waals surface area contributed by atoms with Crippen molar-refractivity contribution in [1.82, 2.24) is 10.2 Å². The maximum atomic E-state index is 11.9. The second-order valence-corrected chi connectivity index (χ2v) is 4.97. The van der Waals surface area contributed by atoms with Crippen molar-refractivity contribution in [3.05, 3.63) is 0 Å². The molecule has 4 heteroatoms. The fourth-order valence-electron chi connectivity index (χ4n) is 1.92. The lowest BCUT2D eigenvalue weighted by Gasteiger charge is -2.29. The Morgan fingerprint density at radius 2 is 2.12 bits per heavy atom. The second-order valence-electron chi connectivity index (χ2n) is 4.97. The number of nitrogens with one attached hydrogen (secondary N) is 1. The molecule has 1 unspecified atom stereocenters. The first kappa shape index (κ1) is 13.3. The summed E-state index contributed by atoms with van der Waals surface area (Å²) >= 11 is 0. The molecule has 0 bridgehead atoms. The van der Waals surface area contributed by atoms with Crippen molar-refractivity contribution in [3.8, 4) is 0 Å². The molecule has 1 amide bonds. The third-order valence-corrected chi connectivity index (χ3v) is 2.77. The van der Waals surface area contributed by atoms with Crippen molar-refractivity contribution in [3.63, 3.8) is 0 Å². The van der Waals surface area contributed by atoms with Gasteiger partial charge in [-0.15, -0.1) is 0 Å². The molecule has 1 aliphatic heterocycles. The molecular formula is C12H24N2O2. The summed E-state index contributed by atoms with van der Waals surface area (Å²) in [6, 6.07) is 0.621. The van der Waals surface area contributed by atoms with Crippen molar-refractivity contribution in [2.45, 2.75) is 58.7 Å². The molecular weight excluding hydrogens is 204 g/mol. The molecule has 1 saturated heterocycles. The molecule has 0 radical (unpaired) electrons. The molecule has 0 saturated carbocycles. The van der Waals surface area contributed by atoms with E-state index in [0.717, 1.165) is 19.5 Å². The highest BCUT2D eigenvalue weighted by Crippen LogP contribution is 2.11. The summed E-state index contributed by atoms with van der Waals surface area (Å²) in [6.07, 6.45) is 2.11. The van der Waals surface area contributed by atoms with Crippen molar-refractivity contribution in [1.29, 1.82) is 0 Å². The zero-order valence-corrected chi connectivity index (χ0v) is 10.8. The minimum Gasteiger partial charge on any atom is -0.447 e. The molecule has 0 aromatic rings. The van der Waals surface area contributed by atoms with Gasteiger partial charge in [0.05, 0.1) is 6.10 Å². The van der Waals surface area contributed by atoms with Crippen molar-refractivity contribution >= 4 is 6.09 Å². The topological polar surface area (TPSA) is 41.6 Å². The van der Waals surface area contributed by atoms with Crippen molar-refractivity contribution in [2.24, 2.45) is 0 Å². The van der Waals surface area contributed by atoms with Gasteiger partial charge in [0.25, 0.3) is 0 Å². The van der Waals surface area contributed by atoms with Crippen LogP contribution in [0.15, 0.2) is 0 Å². The highest BCUT2D eigenvalue weighted by Gasteiger charge is 2.24. The average molecular weight is 228 g/mol. The predicted octanol–water partition coefficient (Wildman–Crippen LogP) is 1.99. The SMILES string of the molecule is CC(C)OC(=O)N(CC1CCCN1)C(C)C. The number of amides is 1. The van der Waals surface area contributed by atoms with Gasteiger partial charge in [-0.1, -0.05) is 0 Å². The minimum absolute atomic E-state index is 0.0507. The Labute approximate surface area is 98.3 Å². The van der Waals surface area contributed by atoms with Crippen molar-refractivity contribution < 1.29 is 9.53 Å². The zero-order chi connectivity index (χ0) is 12.1. The Balaban J connectivity index is 2.49. The van der Waals surface area contributed by atoms with Crippen LogP contribution in [0.2, 0.25) is 0 Å². The summed E-state index contributed by atoms with van der Waals surface area (Å²) in [4.78, 5) is 13.7. The third kappa shape index (κ3) is 4.00. The number of carbonyl (C=O) groups is 1. The molecule has 1 fully saturated rings. The predicted molar refractivity (Wildman–Crippen MR) is 64.5 cm³/mol. The molecule has 0 spiro atoms. The summed E-state index contributed by atoms with van der Waals surface area (Å²) in [6.45, 7) is 9.63. The van der Waals surface area contributed by atoms with Gasteiger partial charge in [0.15, 0.2) is 0 Å². The van der Waals surface area contributed by atoms with E-state index in [-0.39, 0.29) is 18.2 Å². The van der Waals surface area contributed by atoms with Gasteiger partial charge >= 0.3 is 6.09 Å². The standard InChI is InChI=1S/C12H24N2O2/c1-9(2)14(12(15)16-10(3)4)8-11-6-5-7-13-11/h9-11,13H,5-8H2,1-4H3. The van der Waals surface area contributed by atoms with E-state index in [4.69, 9.17) is 4.74 Å². The Morgan fingerprint density at radius 3 is 2.56 bits per heavy atom. The number of hydrogen-bond donors (Lipinski definition) is 1. The van der Waals surface area contributed by atoms with E-state index in [0.29, 0.717) is 6.04 Å². The van der Waals surface area contributed by atoms with Crippen LogP contribution in [0.4, 0.5) is 4.79 Å². The van der Waals surface area contributed by atoms with Gasteiger partial charge in [-0.3, -0.25) is 0 Å². The van der Waals surface area contributed by atoms with Crippen LogP contribution >= 0.6 is 0 Å². The Morgan fingerprint density at radius 1 is 1.44 bits per heavy atom. The molecule has 16 heavy (non-hydrogen) atoms. The number of carbonyl (C=O) groups excluding carboxylic acids is 1. The first-order chi connectivity index (χ1) is 7.50. The highest BCUT2D eigenvalue weighted by molar-refractivity contribution is 5.68. The summed E-state index contributed by atoms with van der Waals surface area (Å²) in [5, 5.41) is 3.40. The summed E-state index contributed by atoms with van der Waals surface area (Å²) in [5.74, 6) is 0. The lowest BCUT2D eigenvalue weighted by molar-refractivity contribution is 0.0650. The number of hydrogen-bond acceptors (Lipinski definition) is 3. The van der Waals surface area contributed by atoms with Gasteiger partial charge in [-0.25, -0.2) is 4.79 Å². The minimum atomic E-state index is -0.196. The molecule has 1 rings (SSSR count). The fourth-order valence-corrected chi connectivity index (χ4v) is 1.92. The number of ether oxygens (including phenoxy) is 1. The quantitative estimate of drug-likeness (QED) is 0.800. The van der Waals surface area contributed by atoms with E-state index in [1.165, 1.54) is 6.42 Å².